The molecule has 3 N–H and O–H groups in total. The molecule has 3 aromatic rings. The highest BCUT2D eigenvalue weighted by molar-refractivity contribution is 7.10. The van der Waals surface area contributed by atoms with Crippen LogP contribution >= 0.6 is 11.3 Å². The molecular formula is C22H24FN2OS+. The van der Waals surface area contributed by atoms with E-state index in [9.17, 15) is 9.18 Å². The summed E-state index contributed by atoms with van der Waals surface area (Å²) >= 11 is 1.69. The molecule has 3 nitrogen and oxygen atoms in total. The van der Waals surface area contributed by atoms with Crippen LogP contribution in [0.1, 0.15) is 27.6 Å². The third-order valence-corrected chi connectivity index (χ3v) is 5.45. The van der Waals surface area contributed by atoms with Gasteiger partial charge in [0.05, 0.1) is 4.88 Å². The second kappa shape index (κ2) is 9.44. The third kappa shape index (κ3) is 5.49. The number of nitrogens with two attached hydrogens (primary N) is 1. The minimum absolute atomic E-state index is 0.0417. The summed E-state index contributed by atoms with van der Waals surface area (Å²) in [5, 5.41) is 6.99. The summed E-state index contributed by atoms with van der Waals surface area (Å²) in [6, 6.07) is 19.3. The molecule has 0 bridgehead atoms. The molecule has 1 amide bonds. The predicted octanol–water partition coefficient (Wildman–Crippen LogP) is 3.21. The van der Waals surface area contributed by atoms with Crippen LogP contribution in [0.3, 0.4) is 0 Å². The lowest BCUT2D eigenvalue weighted by molar-refractivity contribution is -0.676. The Morgan fingerprint density at radius 1 is 1.11 bits per heavy atom. The second-order valence-corrected chi connectivity index (χ2v) is 7.51. The summed E-state index contributed by atoms with van der Waals surface area (Å²) in [6.07, 6.45) is 0.491. The van der Waals surface area contributed by atoms with E-state index in [0.29, 0.717) is 25.1 Å². The van der Waals surface area contributed by atoms with E-state index in [1.807, 2.05) is 6.07 Å². The summed E-state index contributed by atoms with van der Waals surface area (Å²) in [5.74, 6) is -0.268. The number of rotatable bonds is 8. The van der Waals surface area contributed by atoms with Crippen molar-refractivity contribution in [2.24, 2.45) is 0 Å². The fourth-order valence-corrected chi connectivity index (χ4v) is 3.84. The van der Waals surface area contributed by atoms with Crippen molar-refractivity contribution in [2.75, 3.05) is 13.1 Å². The summed E-state index contributed by atoms with van der Waals surface area (Å²) < 4.78 is 13.6. The maximum absolute atomic E-state index is 13.6. The monoisotopic (exact) mass is 383 g/mol. The van der Waals surface area contributed by atoms with E-state index in [1.165, 1.54) is 22.1 Å². The average Bonchev–Trinajstić information content (AvgIpc) is 3.19. The molecule has 0 saturated carbocycles. The zero-order chi connectivity index (χ0) is 19.1. The van der Waals surface area contributed by atoms with E-state index in [0.717, 1.165) is 0 Å². The largest absolute Gasteiger partial charge is 0.351 e. The van der Waals surface area contributed by atoms with Gasteiger partial charge in [0.25, 0.3) is 5.91 Å². The molecule has 0 aliphatic rings. The Bertz CT molecular complexity index is 862. The van der Waals surface area contributed by atoms with Crippen LogP contribution in [0.5, 0.6) is 0 Å². The molecule has 0 spiro atoms. The normalized spacial score (nSPS) is 11.9. The van der Waals surface area contributed by atoms with Gasteiger partial charge in [0.2, 0.25) is 0 Å². The van der Waals surface area contributed by atoms with Gasteiger partial charge in [-0.2, -0.15) is 0 Å². The fraction of sp³-hybridized carbons (Fsp3) is 0.227. The fourth-order valence-electron chi connectivity index (χ4n) is 2.99. The molecule has 5 heteroatoms. The van der Waals surface area contributed by atoms with E-state index < -0.39 is 0 Å². The van der Waals surface area contributed by atoms with Crippen molar-refractivity contribution in [3.63, 3.8) is 0 Å². The van der Waals surface area contributed by atoms with E-state index in [1.54, 1.807) is 29.5 Å². The maximum atomic E-state index is 13.6. The van der Waals surface area contributed by atoms with Gasteiger partial charge >= 0.3 is 0 Å². The van der Waals surface area contributed by atoms with Crippen LogP contribution in [0.4, 0.5) is 4.39 Å². The van der Waals surface area contributed by atoms with Crippen LogP contribution in [-0.4, -0.2) is 19.0 Å². The molecule has 1 heterocycles. The van der Waals surface area contributed by atoms with Gasteiger partial charge in [-0.25, -0.2) is 4.39 Å². The van der Waals surface area contributed by atoms with Crippen molar-refractivity contribution in [2.45, 2.75) is 19.4 Å². The number of aryl methyl sites for hydroxylation is 1. The maximum Gasteiger partial charge on any atom is 0.275 e. The molecule has 0 saturated heterocycles. The SMILES string of the molecule is Cc1ccc([C@@H]([NH2+]CC(=O)NCCc2ccccc2F)c2cccs2)cc1. The third-order valence-electron chi connectivity index (χ3n) is 4.50. The van der Waals surface area contributed by atoms with Crippen molar-refractivity contribution < 1.29 is 14.5 Å². The van der Waals surface area contributed by atoms with Crippen LogP contribution in [0.25, 0.3) is 0 Å². The van der Waals surface area contributed by atoms with Crippen LogP contribution in [-0.2, 0) is 11.2 Å². The Morgan fingerprint density at radius 2 is 1.89 bits per heavy atom. The standard InChI is InChI=1S/C22H23FN2OS/c1-16-8-10-18(11-9-16)22(20-7-4-14-27-20)25-15-21(26)24-13-12-17-5-2-3-6-19(17)23/h2-11,14,22,25H,12-13,15H2,1H3,(H,24,26)/p+1/t22-/m1/s1. The summed E-state index contributed by atoms with van der Waals surface area (Å²) in [7, 11) is 0. The molecule has 0 aliphatic carbocycles. The van der Waals surface area contributed by atoms with Gasteiger partial charge in [-0.3, -0.25) is 4.79 Å². The highest BCUT2D eigenvalue weighted by Gasteiger charge is 2.19. The number of carbonyl (C=O) groups is 1. The molecule has 3 rings (SSSR count). The van der Waals surface area contributed by atoms with Gasteiger partial charge in [0, 0.05) is 12.1 Å². The highest BCUT2D eigenvalue weighted by atomic mass is 32.1. The lowest BCUT2D eigenvalue weighted by atomic mass is 10.0. The zero-order valence-electron chi connectivity index (χ0n) is 15.3. The van der Waals surface area contributed by atoms with E-state index in [-0.39, 0.29) is 17.8 Å². The molecule has 0 unspecified atom stereocenters. The second-order valence-electron chi connectivity index (χ2n) is 6.53. The molecule has 1 atom stereocenters. The number of hydrogen-bond acceptors (Lipinski definition) is 2. The van der Waals surface area contributed by atoms with Crippen molar-refractivity contribution in [1.82, 2.24) is 5.32 Å². The molecule has 0 radical (unpaired) electrons. The number of amides is 1. The molecule has 2 aromatic carbocycles. The Morgan fingerprint density at radius 3 is 2.59 bits per heavy atom. The number of hydrogen-bond donors (Lipinski definition) is 2. The zero-order valence-corrected chi connectivity index (χ0v) is 16.1. The number of nitrogens with one attached hydrogen (secondary N) is 1. The Labute approximate surface area is 163 Å². The Balaban J connectivity index is 1.54. The Hall–Kier alpha value is -2.50. The predicted molar refractivity (Wildman–Crippen MR) is 107 cm³/mol. The van der Waals surface area contributed by atoms with Crippen molar-refractivity contribution in [1.29, 1.82) is 0 Å². The molecule has 27 heavy (non-hydrogen) atoms. The first kappa shape index (κ1) is 19.3. The van der Waals surface area contributed by atoms with Gasteiger partial charge in [-0.1, -0.05) is 54.1 Å². The number of benzene rings is 2. The van der Waals surface area contributed by atoms with E-state index in [2.05, 4.69) is 53.3 Å². The van der Waals surface area contributed by atoms with Gasteiger partial charge in [0.1, 0.15) is 11.9 Å². The molecule has 0 fully saturated rings. The van der Waals surface area contributed by atoms with Gasteiger partial charge in [-0.15, -0.1) is 11.3 Å². The van der Waals surface area contributed by atoms with Crippen LogP contribution in [0.2, 0.25) is 0 Å². The molecule has 140 valence electrons. The summed E-state index contributed by atoms with van der Waals surface area (Å²) in [6.45, 7) is 2.83. The first-order chi connectivity index (χ1) is 13.1. The minimum Gasteiger partial charge on any atom is -0.351 e. The minimum atomic E-state index is -0.226. The van der Waals surface area contributed by atoms with Crippen LogP contribution < -0.4 is 10.6 Å². The van der Waals surface area contributed by atoms with E-state index >= 15 is 0 Å². The summed E-state index contributed by atoms with van der Waals surface area (Å²) in [5.41, 5.74) is 3.02. The van der Waals surface area contributed by atoms with Crippen molar-refractivity contribution in [3.8, 4) is 0 Å². The van der Waals surface area contributed by atoms with E-state index in [4.69, 9.17) is 0 Å². The first-order valence-electron chi connectivity index (χ1n) is 9.07. The number of thiophene rings is 1. The quantitative estimate of drug-likeness (QED) is 0.616. The topological polar surface area (TPSA) is 45.7 Å². The van der Waals surface area contributed by atoms with Gasteiger partial charge in [-0.05, 0) is 36.4 Å². The smallest absolute Gasteiger partial charge is 0.275 e. The lowest BCUT2D eigenvalue weighted by Crippen LogP contribution is -2.87. The van der Waals surface area contributed by atoms with Gasteiger partial charge < -0.3 is 10.6 Å². The number of carbonyl (C=O) groups excluding carboxylic acids is 1. The van der Waals surface area contributed by atoms with Crippen molar-refractivity contribution >= 4 is 17.2 Å². The highest BCUT2D eigenvalue weighted by Crippen LogP contribution is 2.22. The average molecular weight is 384 g/mol. The number of quaternary nitrogens is 1. The molecule has 0 aliphatic heterocycles. The van der Waals surface area contributed by atoms with Gasteiger partial charge in [0.15, 0.2) is 6.54 Å². The number of halogens is 1. The molecule has 1 aromatic heterocycles. The summed E-state index contributed by atoms with van der Waals surface area (Å²) in [4.78, 5) is 13.5. The molecular weight excluding hydrogens is 359 g/mol. The van der Waals surface area contributed by atoms with Crippen LogP contribution in [0.15, 0.2) is 66.0 Å². The van der Waals surface area contributed by atoms with Crippen LogP contribution in [0, 0.1) is 12.7 Å². The first-order valence-corrected chi connectivity index (χ1v) is 9.95. The van der Waals surface area contributed by atoms with Crippen molar-refractivity contribution in [3.05, 3.63) is 93.4 Å². The lowest BCUT2D eigenvalue weighted by Gasteiger charge is -2.15. The Kier molecular flexibility index (Phi) is 6.74.